The van der Waals surface area contributed by atoms with Gasteiger partial charge in [-0.1, -0.05) is 19.0 Å². The minimum Gasteiger partial charge on any atom is -0.360 e. The van der Waals surface area contributed by atoms with Gasteiger partial charge in [0.25, 0.3) is 0 Å². The number of anilines is 1. The van der Waals surface area contributed by atoms with Crippen LogP contribution in [-0.4, -0.2) is 30.2 Å². The predicted molar refractivity (Wildman–Crippen MR) is 91.5 cm³/mol. The standard InChI is InChI=1S/C14H11F2N3O4S.C2H6/c1-7-2-12(19-23-7)18-13(20)6-24(21,22)11-5-17-10-4-8(15)3-9(16)14(10)11;1-2/h2-5,17H,6H2,1H3,(H,18,19,20);1-2H3. The molecule has 26 heavy (non-hydrogen) atoms. The lowest BCUT2D eigenvalue weighted by atomic mass is 10.2. The van der Waals surface area contributed by atoms with E-state index in [1.54, 1.807) is 6.92 Å². The van der Waals surface area contributed by atoms with Crippen molar-refractivity contribution in [3.05, 3.63) is 41.8 Å². The van der Waals surface area contributed by atoms with E-state index in [2.05, 4.69) is 15.5 Å². The number of sulfone groups is 1. The molecule has 0 radical (unpaired) electrons. The van der Waals surface area contributed by atoms with Gasteiger partial charge in [-0.2, -0.15) is 0 Å². The highest BCUT2D eigenvalue weighted by Crippen LogP contribution is 2.27. The second kappa shape index (κ2) is 7.65. The number of aryl methyl sites for hydroxylation is 1. The SMILES string of the molecule is CC.Cc1cc(NC(=O)CS(=O)(=O)c2c[nH]c3cc(F)cc(F)c23)no1. The maximum atomic E-state index is 13.9. The number of nitrogens with one attached hydrogen (secondary N) is 2. The van der Waals surface area contributed by atoms with Crippen molar-refractivity contribution in [3.8, 4) is 0 Å². The number of carbonyl (C=O) groups excluding carboxylic acids is 1. The Balaban J connectivity index is 0.00000117. The molecule has 0 aliphatic carbocycles. The van der Waals surface area contributed by atoms with Gasteiger partial charge in [-0.3, -0.25) is 4.79 Å². The lowest BCUT2D eigenvalue weighted by Gasteiger charge is -2.04. The highest BCUT2D eigenvalue weighted by molar-refractivity contribution is 7.92. The zero-order chi connectivity index (χ0) is 19.5. The lowest BCUT2D eigenvalue weighted by Crippen LogP contribution is -2.23. The highest BCUT2D eigenvalue weighted by Gasteiger charge is 2.25. The molecule has 2 heterocycles. The molecule has 0 spiro atoms. The molecule has 1 aromatic carbocycles. The summed E-state index contributed by atoms with van der Waals surface area (Å²) < 4.78 is 56.6. The van der Waals surface area contributed by atoms with Crippen LogP contribution in [0.5, 0.6) is 0 Å². The maximum Gasteiger partial charge on any atom is 0.241 e. The lowest BCUT2D eigenvalue weighted by molar-refractivity contribution is -0.113. The molecule has 0 unspecified atom stereocenters. The van der Waals surface area contributed by atoms with Crippen LogP contribution < -0.4 is 5.32 Å². The van der Waals surface area contributed by atoms with Crippen LogP contribution in [0.15, 0.2) is 33.8 Å². The normalized spacial score (nSPS) is 11.1. The van der Waals surface area contributed by atoms with E-state index >= 15 is 0 Å². The molecule has 2 aromatic heterocycles. The Hall–Kier alpha value is -2.75. The summed E-state index contributed by atoms with van der Waals surface area (Å²) >= 11 is 0. The van der Waals surface area contributed by atoms with Gasteiger partial charge in [-0.05, 0) is 13.0 Å². The minimum atomic E-state index is -4.16. The fourth-order valence-electron chi connectivity index (χ4n) is 2.25. The van der Waals surface area contributed by atoms with Crippen LogP contribution in [0.4, 0.5) is 14.6 Å². The van der Waals surface area contributed by atoms with E-state index in [1.165, 1.54) is 6.07 Å². The number of amides is 1. The van der Waals surface area contributed by atoms with Crippen molar-refractivity contribution < 1.29 is 26.5 Å². The maximum absolute atomic E-state index is 13.9. The average molecular weight is 385 g/mol. The van der Waals surface area contributed by atoms with Gasteiger partial charge in [0.2, 0.25) is 5.91 Å². The molecular weight excluding hydrogens is 368 g/mol. The molecule has 0 aliphatic heterocycles. The van der Waals surface area contributed by atoms with E-state index in [9.17, 15) is 22.0 Å². The van der Waals surface area contributed by atoms with E-state index < -0.39 is 38.0 Å². The van der Waals surface area contributed by atoms with Crippen molar-refractivity contribution in [3.63, 3.8) is 0 Å². The van der Waals surface area contributed by atoms with E-state index in [-0.39, 0.29) is 16.7 Å². The number of aromatic nitrogens is 2. The van der Waals surface area contributed by atoms with Crippen molar-refractivity contribution in [1.82, 2.24) is 10.1 Å². The summed E-state index contributed by atoms with van der Waals surface area (Å²) in [6.07, 6.45) is 1.02. The Bertz CT molecular complexity index is 1040. The van der Waals surface area contributed by atoms with Crippen LogP contribution in [-0.2, 0) is 14.6 Å². The van der Waals surface area contributed by atoms with Gasteiger partial charge in [-0.15, -0.1) is 0 Å². The first-order valence-corrected chi connectivity index (χ1v) is 9.33. The number of hydrogen-bond donors (Lipinski definition) is 2. The summed E-state index contributed by atoms with van der Waals surface area (Å²) in [5.74, 6) is -3.15. The molecule has 0 atom stereocenters. The molecule has 3 aromatic rings. The van der Waals surface area contributed by atoms with E-state index in [4.69, 9.17) is 4.52 Å². The van der Waals surface area contributed by atoms with Crippen molar-refractivity contribution in [1.29, 1.82) is 0 Å². The topological polar surface area (TPSA) is 105 Å². The second-order valence-electron chi connectivity index (χ2n) is 5.09. The van der Waals surface area contributed by atoms with E-state index in [1.807, 2.05) is 13.8 Å². The molecule has 0 fully saturated rings. The van der Waals surface area contributed by atoms with E-state index in [0.717, 1.165) is 12.3 Å². The summed E-state index contributed by atoms with van der Waals surface area (Å²) in [7, 11) is -4.16. The zero-order valence-corrected chi connectivity index (χ0v) is 15.1. The number of H-pyrrole nitrogens is 1. The first-order chi connectivity index (χ1) is 12.3. The molecule has 2 N–H and O–H groups in total. The van der Waals surface area contributed by atoms with Crippen LogP contribution in [0.25, 0.3) is 10.9 Å². The Morgan fingerprint density at radius 2 is 1.96 bits per heavy atom. The smallest absolute Gasteiger partial charge is 0.241 e. The molecule has 1 amide bonds. The zero-order valence-electron chi connectivity index (χ0n) is 14.3. The molecule has 0 aliphatic rings. The fraction of sp³-hybridized carbons (Fsp3) is 0.250. The molecule has 0 bridgehead atoms. The Kier molecular flexibility index (Phi) is 5.76. The van der Waals surface area contributed by atoms with Gasteiger partial charge >= 0.3 is 0 Å². The third kappa shape index (κ3) is 4.07. The molecule has 0 saturated heterocycles. The molecule has 140 valence electrons. The van der Waals surface area contributed by atoms with Crippen molar-refractivity contribution in [2.24, 2.45) is 0 Å². The number of benzene rings is 1. The largest absolute Gasteiger partial charge is 0.360 e. The third-order valence-electron chi connectivity index (χ3n) is 3.21. The van der Waals surface area contributed by atoms with Crippen LogP contribution in [0, 0.1) is 18.6 Å². The monoisotopic (exact) mass is 385 g/mol. The number of aromatic amines is 1. The van der Waals surface area contributed by atoms with Gasteiger partial charge in [0.15, 0.2) is 15.7 Å². The number of halogens is 2. The third-order valence-corrected chi connectivity index (χ3v) is 4.85. The Morgan fingerprint density at radius 3 is 2.58 bits per heavy atom. The molecule has 7 nitrogen and oxygen atoms in total. The van der Waals surface area contributed by atoms with Gasteiger partial charge in [0.1, 0.15) is 23.1 Å². The van der Waals surface area contributed by atoms with Crippen LogP contribution in [0.2, 0.25) is 0 Å². The van der Waals surface area contributed by atoms with Crippen molar-refractivity contribution in [2.75, 3.05) is 11.1 Å². The molecular formula is C16H17F2N3O4S. The summed E-state index contributed by atoms with van der Waals surface area (Å²) in [5.41, 5.74) is -0.0152. The number of rotatable bonds is 4. The summed E-state index contributed by atoms with van der Waals surface area (Å²) in [6.45, 7) is 5.60. The van der Waals surface area contributed by atoms with Crippen LogP contribution >= 0.6 is 0 Å². The van der Waals surface area contributed by atoms with E-state index in [0.29, 0.717) is 11.8 Å². The summed E-state index contributed by atoms with van der Waals surface area (Å²) in [4.78, 5) is 13.9. The van der Waals surface area contributed by atoms with Gasteiger partial charge < -0.3 is 14.8 Å². The minimum absolute atomic E-state index is 0.0152. The fourth-order valence-corrected chi connectivity index (χ4v) is 3.58. The highest BCUT2D eigenvalue weighted by atomic mass is 32.2. The number of hydrogen-bond acceptors (Lipinski definition) is 5. The molecule has 10 heteroatoms. The van der Waals surface area contributed by atoms with Gasteiger partial charge in [0.05, 0.1) is 15.8 Å². The quantitative estimate of drug-likeness (QED) is 0.718. The Morgan fingerprint density at radius 1 is 1.27 bits per heavy atom. The summed E-state index contributed by atoms with van der Waals surface area (Å²) in [6, 6.07) is 2.96. The van der Waals surface area contributed by atoms with Crippen molar-refractivity contribution >= 4 is 32.5 Å². The average Bonchev–Trinajstić information content (AvgIpc) is 3.15. The first kappa shape index (κ1) is 19.6. The summed E-state index contributed by atoms with van der Waals surface area (Å²) in [5, 5.41) is 5.49. The number of carbonyl (C=O) groups is 1. The van der Waals surface area contributed by atoms with Gasteiger partial charge in [-0.25, -0.2) is 17.2 Å². The molecule has 0 saturated carbocycles. The second-order valence-corrected chi connectivity index (χ2v) is 7.05. The van der Waals surface area contributed by atoms with Crippen molar-refractivity contribution in [2.45, 2.75) is 25.7 Å². The van der Waals surface area contributed by atoms with Crippen LogP contribution in [0.1, 0.15) is 19.6 Å². The van der Waals surface area contributed by atoms with Crippen LogP contribution in [0.3, 0.4) is 0 Å². The first-order valence-electron chi connectivity index (χ1n) is 7.68. The predicted octanol–water partition coefficient (Wildman–Crippen LogP) is 3.18. The number of fused-ring (bicyclic) bond motifs is 1. The number of nitrogens with zero attached hydrogens (tertiary/aromatic N) is 1. The van der Waals surface area contributed by atoms with Gasteiger partial charge in [0, 0.05) is 18.3 Å². The molecule has 3 rings (SSSR count). The Labute approximate surface area is 148 Å².